The number of pyridine rings is 2. The molecule has 36 heavy (non-hydrogen) atoms. The van der Waals surface area contributed by atoms with Crippen LogP contribution in [-0.4, -0.2) is 0 Å². The minimum absolute atomic E-state index is 0.447. The van der Waals surface area contributed by atoms with Gasteiger partial charge in [0.25, 0.3) is 0 Å². The number of rotatable bonds is 11. The minimum atomic E-state index is 0.447. The third-order valence-electron chi connectivity index (χ3n) is 7.13. The van der Waals surface area contributed by atoms with Crippen LogP contribution in [0.3, 0.4) is 0 Å². The van der Waals surface area contributed by atoms with Crippen molar-refractivity contribution in [3.8, 4) is 0 Å². The summed E-state index contributed by atoms with van der Waals surface area (Å²) in [6.07, 6.45) is 10.1. The molecule has 0 spiro atoms. The average molecular weight is 708 g/mol. The maximum Gasteiger partial charge on any atom is 0.215 e. The van der Waals surface area contributed by atoms with Crippen LogP contribution in [0.5, 0.6) is 0 Å². The molecule has 190 valence electrons. The van der Waals surface area contributed by atoms with Crippen molar-refractivity contribution in [3.63, 3.8) is 0 Å². The Kier molecular flexibility index (Phi) is 9.66. The van der Waals surface area contributed by atoms with Gasteiger partial charge in [0.15, 0.2) is 11.4 Å². The van der Waals surface area contributed by atoms with E-state index in [1.807, 2.05) is 0 Å². The number of unbranched alkanes of at least 4 members (excludes halogenated alkanes) is 5. The number of anilines is 2. The van der Waals surface area contributed by atoms with Crippen LogP contribution in [0.15, 0.2) is 60.7 Å². The molecule has 2 atom stereocenters. The number of nitrogen functional groups attached to an aromatic ring is 2. The number of nitrogens with zero attached hydrogens (tertiary/aromatic N) is 2. The van der Waals surface area contributed by atoms with E-state index in [1.165, 1.54) is 73.8 Å². The van der Waals surface area contributed by atoms with E-state index in [0.29, 0.717) is 8.10 Å². The van der Waals surface area contributed by atoms with Crippen molar-refractivity contribution in [2.24, 2.45) is 0 Å². The Labute approximate surface area is 242 Å². The van der Waals surface area contributed by atoms with E-state index in [9.17, 15) is 0 Å². The Hall–Kier alpha value is -1.68. The maximum absolute atomic E-state index is 6.27. The Balaban J connectivity index is 1.21. The quantitative estimate of drug-likeness (QED) is 0.0718. The van der Waals surface area contributed by atoms with Gasteiger partial charge < -0.3 is 11.5 Å². The molecule has 2 aromatic carbocycles. The van der Waals surface area contributed by atoms with Crippen LogP contribution in [0.4, 0.5) is 11.4 Å². The summed E-state index contributed by atoms with van der Waals surface area (Å²) in [4.78, 5) is 0. The molecule has 0 aliphatic rings. The summed E-state index contributed by atoms with van der Waals surface area (Å²) in [6, 6.07) is 21.2. The number of alkyl halides is 2. The van der Waals surface area contributed by atoms with Crippen LogP contribution in [-0.2, 0) is 0 Å². The lowest BCUT2D eigenvalue weighted by Gasteiger charge is -2.13. The first-order chi connectivity index (χ1) is 17.4. The van der Waals surface area contributed by atoms with E-state index in [4.69, 9.17) is 11.5 Å². The van der Waals surface area contributed by atoms with Crippen molar-refractivity contribution in [2.75, 3.05) is 11.5 Å². The van der Waals surface area contributed by atoms with Crippen molar-refractivity contribution in [1.82, 2.24) is 0 Å². The second-order valence-corrected chi connectivity index (χ2v) is 12.7. The van der Waals surface area contributed by atoms with Gasteiger partial charge in [0.05, 0.1) is 22.1 Å². The van der Waals surface area contributed by atoms with Gasteiger partial charge in [-0.2, -0.15) is 9.13 Å². The van der Waals surface area contributed by atoms with Gasteiger partial charge in [-0.15, -0.1) is 0 Å². The van der Waals surface area contributed by atoms with Gasteiger partial charge >= 0.3 is 0 Å². The summed E-state index contributed by atoms with van der Waals surface area (Å²) < 4.78 is 5.80. The van der Waals surface area contributed by atoms with Crippen LogP contribution in [0, 0.1) is 13.8 Å². The largest absolute Gasteiger partial charge is 0.398 e. The first-order valence-electron chi connectivity index (χ1n) is 13.1. The van der Waals surface area contributed by atoms with E-state index in [2.05, 4.69) is 129 Å². The van der Waals surface area contributed by atoms with Gasteiger partial charge in [0, 0.05) is 51.0 Å². The molecule has 4 rings (SSSR count). The van der Waals surface area contributed by atoms with Crippen LogP contribution in [0.2, 0.25) is 0 Å². The minimum Gasteiger partial charge on any atom is -0.398 e. The summed E-state index contributed by atoms with van der Waals surface area (Å²) in [7, 11) is 0. The highest BCUT2D eigenvalue weighted by Gasteiger charge is 2.23. The normalized spacial score (nSPS) is 13.3. The molecule has 0 amide bonds. The van der Waals surface area contributed by atoms with Crippen molar-refractivity contribution in [3.05, 3.63) is 72.1 Å². The third-order valence-corrected chi connectivity index (χ3v) is 9.49. The molecule has 0 fully saturated rings. The van der Waals surface area contributed by atoms with Gasteiger partial charge in [0.1, 0.15) is 0 Å². The van der Waals surface area contributed by atoms with Gasteiger partial charge in [-0.25, -0.2) is 0 Å². The molecule has 0 aliphatic carbocycles. The number of aryl methyl sites for hydroxylation is 2. The van der Waals surface area contributed by atoms with Crippen LogP contribution >= 0.6 is 45.2 Å². The number of para-hydroxylation sites is 2. The molecule has 4 nitrogen and oxygen atoms in total. The first kappa shape index (κ1) is 27.4. The molecule has 4 aromatic rings. The second-order valence-electron chi connectivity index (χ2n) is 9.82. The summed E-state index contributed by atoms with van der Waals surface area (Å²) in [6.45, 7) is 4.34. The van der Waals surface area contributed by atoms with E-state index >= 15 is 0 Å². The van der Waals surface area contributed by atoms with E-state index < -0.39 is 0 Å². The van der Waals surface area contributed by atoms with Gasteiger partial charge in [-0.1, -0.05) is 49.9 Å². The highest BCUT2D eigenvalue weighted by molar-refractivity contribution is 14.1. The average Bonchev–Trinajstić information content (AvgIpc) is 2.85. The molecule has 0 saturated carbocycles. The zero-order valence-electron chi connectivity index (χ0n) is 21.4. The number of aromatic nitrogens is 2. The van der Waals surface area contributed by atoms with E-state index in [1.54, 1.807) is 0 Å². The molecule has 0 aliphatic heterocycles. The van der Waals surface area contributed by atoms with Crippen LogP contribution in [0.1, 0.15) is 70.9 Å². The molecule has 0 bridgehead atoms. The number of hydrogen-bond donors (Lipinski definition) is 2. The molecule has 2 unspecified atom stereocenters. The number of fused-ring (bicyclic) bond motifs is 2. The predicted molar refractivity (Wildman–Crippen MR) is 170 cm³/mol. The monoisotopic (exact) mass is 708 g/mol. The SMILES string of the molecule is Cc1cc(N)c2ccccc2[n+]1C(I)CCCCCCCCC(I)[n+]1c(C)cc(N)c2ccccc21. The van der Waals surface area contributed by atoms with Gasteiger partial charge in [-0.3, -0.25) is 0 Å². The lowest BCUT2D eigenvalue weighted by atomic mass is 10.1. The van der Waals surface area contributed by atoms with Crippen LogP contribution in [0.25, 0.3) is 21.8 Å². The van der Waals surface area contributed by atoms with E-state index in [-0.39, 0.29) is 0 Å². The van der Waals surface area contributed by atoms with Crippen molar-refractivity contribution in [2.45, 2.75) is 73.3 Å². The second kappa shape index (κ2) is 12.7. The fraction of sp³-hybridized carbons (Fsp3) is 0.400. The lowest BCUT2D eigenvalue weighted by Crippen LogP contribution is -2.40. The summed E-state index contributed by atoms with van der Waals surface area (Å²) in [5.74, 6) is 0. The van der Waals surface area contributed by atoms with E-state index in [0.717, 1.165) is 22.1 Å². The molecule has 6 heteroatoms. The fourth-order valence-corrected chi connectivity index (χ4v) is 7.67. The number of nitrogens with two attached hydrogens (primary N) is 2. The molecular formula is C30H38I2N4+2. The molecule has 0 radical (unpaired) electrons. The zero-order valence-corrected chi connectivity index (χ0v) is 25.7. The molecule has 2 heterocycles. The molecule has 2 aromatic heterocycles. The third kappa shape index (κ3) is 6.23. The Morgan fingerprint density at radius 1 is 0.611 bits per heavy atom. The molecule has 4 N–H and O–H groups in total. The van der Waals surface area contributed by atoms with Crippen molar-refractivity contribution < 1.29 is 9.13 Å². The lowest BCUT2D eigenvalue weighted by molar-refractivity contribution is -0.675. The van der Waals surface area contributed by atoms with Crippen LogP contribution < -0.4 is 20.6 Å². The number of benzene rings is 2. The number of hydrogen-bond acceptors (Lipinski definition) is 2. The smallest absolute Gasteiger partial charge is 0.215 e. The summed E-state index contributed by atoms with van der Waals surface area (Å²) in [5, 5.41) is 2.30. The molecule has 0 saturated heterocycles. The highest BCUT2D eigenvalue weighted by atomic mass is 127. The van der Waals surface area contributed by atoms with Crippen molar-refractivity contribution in [1.29, 1.82) is 0 Å². The first-order valence-corrected chi connectivity index (χ1v) is 15.5. The zero-order chi connectivity index (χ0) is 25.7. The Morgan fingerprint density at radius 2 is 0.972 bits per heavy atom. The fourth-order valence-electron chi connectivity index (χ4n) is 5.31. The topological polar surface area (TPSA) is 59.8 Å². The van der Waals surface area contributed by atoms with Gasteiger partial charge in [0.2, 0.25) is 19.1 Å². The van der Waals surface area contributed by atoms with Crippen molar-refractivity contribution >= 4 is 78.4 Å². The molecular weight excluding hydrogens is 670 g/mol. The Morgan fingerprint density at radius 3 is 1.39 bits per heavy atom. The number of halogens is 2. The Bertz CT molecular complexity index is 1230. The van der Waals surface area contributed by atoms with Gasteiger partial charge in [-0.05, 0) is 70.2 Å². The standard InChI is InChI=1S/C30H36I2N4/c1-21-19-25(33)23-13-9-11-15-27(23)35(21)29(31)17-7-5-3-4-6-8-18-30(32)36-22(2)20-26(34)24-14-10-12-16-28(24)36/h9-16,19-20,29-30,33-34H,3-8,17-18H2,1-2H3/p+2. The maximum atomic E-state index is 6.27. The summed E-state index contributed by atoms with van der Waals surface area (Å²) in [5.41, 5.74) is 19.2. The highest BCUT2D eigenvalue weighted by Crippen LogP contribution is 2.27. The summed E-state index contributed by atoms with van der Waals surface area (Å²) >= 11 is 5.20. The predicted octanol–water partition coefficient (Wildman–Crippen LogP) is 8.04.